The molecule has 2 nitrogen and oxygen atoms in total. The lowest BCUT2D eigenvalue weighted by Gasteiger charge is -2.45. The second-order valence-corrected chi connectivity index (χ2v) is 6.79. The fourth-order valence-corrected chi connectivity index (χ4v) is 3.71. The summed E-state index contributed by atoms with van der Waals surface area (Å²) in [5, 5.41) is 5.78. The van der Waals surface area contributed by atoms with Gasteiger partial charge in [0, 0.05) is 22.3 Å². The van der Waals surface area contributed by atoms with Gasteiger partial charge in [0.1, 0.15) is 0 Å². The Labute approximate surface area is 141 Å². The molecule has 3 heteroatoms. The topological polar surface area (TPSA) is 24.9 Å². The molecule has 0 bridgehead atoms. The molecule has 1 aliphatic rings. The highest BCUT2D eigenvalue weighted by Crippen LogP contribution is 2.46. The molecule has 0 unspecified atom stereocenters. The van der Waals surface area contributed by atoms with Crippen LogP contribution in [0.3, 0.4) is 0 Å². The van der Waals surface area contributed by atoms with Gasteiger partial charge in [-0.25, -0.2) is 0 Å². The standard InChI is InChI=1S/C20H19ClN2/c1-14-17(6-2-7-18(14)21)20(10-4-11-20)23-16-9-8-15-5-3-12-22-19(15)13-16/h2-3,5-9,12-13,23H,4,10-11H2,1H3. The second-order valence-electron chi connectivity index (χ2n) is 6.38. The fourth-order valence-electron chi connectivity index (χ4n) is 3.54. The van der Waals surface area contributed by atoms with Crippen molar-refractivity contribution in [2.45, 2.75) is 31.7 Å². The quantitative estimate of drug-likeness (QED) is 0.670. The first kappa shape index (κ1) is 14.5. The first-order valence-electron chi connectivity index (χ1n) is 8.07. The van der Waals surface area contributed by atoms with Gasteiger partial charge in [0.15, 0.2) is 0 Å². The second kappa shape index (κ2) is 5.54. The van der Waals surface area contributed by atoms with E-state index in [1.54, 1.807) is 0 Å². The average molecular weight is 323 g/mol. The normalized spacial score (nSPS) is 16.1. The fraction of sp³-hybridized carbons (Fsp3) is 0.250. The molecule has 4 rings (SSSR count). The summed E-state index contributed by atoms with van der Waals surface area (Å²) in [7, 11) is 0. The van der Waals surface area contributed by atoms with E-state index in [-0.39, 0.29) is 5.54 Å². The SMILES string of the molecule is Cc1c(Cl)cccc1C1(Nc2ccc3cccnc3c2)CCC1. The van der Waals surface area contributed by atoms with Crippen LogP contribution in [-0.2, 0) is 5.54 Å². The molecule has 1 N–H and O–H groups in total. The van der Waals surface area contributed by atoms with E-state index in [4.69, 9.17) is 11.6 Å². The predicted molar refractivity (Wildman–Crippen MR) is 97.1 cm³/mol. The summed E-state index contributed by atoms with van der Waals surface area (Å²) in [6, 6.07) is 16.7. The molecular formula is C20H19ClN2. The molecule has 3 aromatic rings. The number of pyridine rings is 1. The summed E-state index contributed by atoms with van der Waals surface area (Å²) in [4.78, 5) is 4.46. The molecule has 1 heterocycles. The molecule has 2 aromatic carbocycles. The van der Waals surface area contributed by atoms with Crippen LogP contribution < -0.4 is 5.32 Å². The predicted octanol–water partition coefficient (Wildman–Crippen LogP) is 5.69. The molecule has 0 spiro atoms. The smallest absolute Gasteiger partial charge is 0.0722 e. The molecule has 0 aliphatic heterocycles. The van der Waals surface area contributed by atoms with Crippen molar-refractivity contribution in [3.8, 4) is 0 Å². The molecule has 0 amide bonds. The zero-order valence-electron chi connectivity index (χ0n) is 13.1. The molecular weight excluding hydrogens is 304 g/mol. The van der Waals surface area contributed by atoms with Crippen LogP contribution in [0.1, 0.15) is 30.4 Å². The highest BCUT2D eigenvalue weighted by atomic mass is 35.5. The van der Waals surface area contributed by atoms with Gasteiger partial charge in [-0.15, -0.1) is 0 Å². The van der Waals surface area contributed by atoms with Crippen LogP contribution in [0.15, 0.2) is 54.7 Å². The average Bonchev–Trinajstić information content (AvgIpc) is 2.54. The molecule has 23 heavy (non-hydrogen) atoms. The third kappa shape index (κ3) is 2.47. The number of fused-ring (bicyclic) bond motifs is 1. The van der Waals surface area contributed by atoms with Crippen molar-refractivity contribution < 1.29 is 0 Å². The Balaban J connectivity index is 1.73. The third-order valence-corrected chi connectivity index (χ3v) is 5.39. The van der Waals surface area contributed by atoms with E-state index in [1.165, 1.54) is 22.9 Å². The molecule has 1 saturated carbocycles. The Hall–Kier alpha value is -2.06. The number of rotatable bonds is 3. The van der Waals surface area contributed by atoms with E-state index in [0.29, 0.717) is 0 Å². The number of anilines is 1. The maximum Gasteiger partial charge on any atom is 0.0722 e. The molecule has 1 aliphatic carbocycles. The molecule has 0 saturated heterocycles. The van der Waals surface area contributed by atoms with Crippen LogP contribution in [0.25, 0.3) is 10.9 Å². The summed E-state index contributed by atoms with van der Waals surface area (Å²) in [6.45, 7) is 2.11. The van der Waals surface area contributed by atoms with E-state index >= 15 is 0 Å². The molecule has 1 aromatic heterocycles. The lowest BCUT2D eigenvalue weighted by atomic mass is 9.70. The number of benzene rings is 2. The lowest BCUT2D eigenvalue weighted by Crippen LogP contribution is -2.42. The first-order valence-corrected chi connectivity index (χ1v) is 8.44. The summed E-state index contributed by atoms with van der Waals surface area (Å²) < 4.78 is 0. The molecule has 1 fully saturated rings. The van der Waals surface area contributed by atoms with Gasteiger partial charge >= 0.3 is 0 Å². The van der Waals surface area contributed by atoms with E-state index in [9.17, 15) is 0 Å². The van der Waals surface area contributed by atoms with Crippen LogP contribution in [-0.4, -0.2) is 4.98 Å². The summed E-state index contributed by atoms with van der Waals surface area (Å²) in [5.41, 5.74) is 4.64. The Kier molecular flexibility index (Phi) is 3.50. The number of hydrogen-bond acceptors (Lipinski definition) is 2. The third-order valence-electron chi connectivity index (χ3n) is 4.98. The van der Waals surface area contributed by atoms with Gasteiger partial charge < -0.3 is 5.32 Å². The zero-order valence-corrected chi connectivity index (χ0v) is 13.9. The van der Waals surface area contributed by atoms with E-state index in [2.05, 4.69) is 47.6 Å². The number of nitrogens with zero attached hydrogens (tertiary/aromatic N) is 1. The Morgan fingerprint density at radius 2 is 1.96 bits per heavy atom. The van der Waals surface area contributed by atoms with Gasteiger partial charge in [0.05, 0.1) is 11.1 Å². The van der Waals surface area contributed by atoms with Gasteiger partial charge in [-0.2, -0.15) is 0 Å². The van der Waals surface area contributed by atoms with Gasteiger partial charge in [0.2, 0.25) is 0 Å². The summed E-state index contributed by atoms with van der Waals surface area (Å²) in [6.07, 6.45) is 5.35. The number of halogens is 1. The minimum atomic E-state index is -0.00254. The number of hydrogen-bond donors (Lipinski definition) is 1. The van der Waals surface area contributed by atoms with Crippen molar-refractivity contribution in [2.24, 2.45) is 0 Å². The first-order chi connectivity index (χ1) is 11.2. The van der Waals surface area contributed by atoms with Crippen molar-refractivity contribution >= 4 is 28.2 Å². The zero-order chi connectivity index (χ0) is 15.9. The Morgan fingerprint density at radius 3 is 2.74 bits per heavy atom. The summed E-state index contributed by atoms with van der Waals surface area (Å²) in [5.74, 6) is 0. The highest BCUT2D eigenvalue weighted by Gasteiger charge is 2.39. The minimum absolute atomic E-state index is 0.00254. The van der Waals surface area contributed by atoms with E-state index in [0.717, 1.165) is 29.1 Å². The highest BCUT2D eigenvalue weighted by molar-refractivity contribution is 6.31. The van der Waals surface area contributed by atoms with Crippen molar-refractivity contribution in [1.82, 2.24) is 4.98 Å². The van der Waals surface area contributed by atoms with Crippen LogP contribution in [0.5, 0.6) is 0 Å². The van der Waals surface area contributed by atoms with Crippen LogP contribution >= 0.6 is 11.6 Å². The molecule has 0 atom stereocenters. The van der Waals surface area contributed by atoms with Crippen LogP contribution in [0, 0.1) is 6.92 Å². The van der Waals surface area contributed by atoms with Gasteiger partial charge in [0.25, 0.3) is 0 Å². The number of aromatic nitrogens is 1. The van der Waals surface area contributed by atoms with Gasteiger partial charge in [-0.1, -0.05) is 35.9 Å². The van der Waals surface area contributed by atoms with Crippen molar-refractivity contribution in [3.63, 3.8) is 0 Å². The van der Waals surface area contributed by atoms with Gasteiger partial charge in [-0.3, -0.25) is 4.98 Å². The van der Waals surface area contributed by atoms with Crippen molar-refractivity contribution in [1.29, 1.82) is 0 Å². The van der Waals surface area contributed by atoms with Crippen molar-refractivity contribution in [2.75, 3.05) is 5.32 Å². The lowest BCUT2D eigenvalue weighted by molar-refractivity contribution is 0.283. The van der Waals surface area contributed by atoms with Crippen LogP contribution in [0.4, 0.5) is 5.69 Å². The van der Waals surface area contributed by atoms with E-state index in [1.807, 2.05) is 24.4 Å². The molecule has 0 radical (unpaired) electrons. The maximum atomic E-state index is 6.34. The van der Waals surface area contributed by atoms with Gasteiger partial charge in [-0.05, 0) is 61.6 Å². The monoisotopic (exact) mass is 322 g/mol. The summed E-state index contributed by atoms with van der Waals surface area (Å²) >= 11 is 6.34. The Bertz CT molecular complexity index is 868. The maximum absolute atomic E-state index is 6.34. The van der Waals surface area contributed by atoms with Crippen molar-refractivity contribution in [3.05, 3.63) is 70.9 Å². The van der Waals surface area contributed by atoms with E-state index < -0.39 is 0 Å². The molecule has 116 valence electrons. The number of nitrogens with one attached hydrogen (secondary N) is 1. The Morgan fingerprint density at radius 1 is 1.09 bits per heavy atom. The van der Waals surface area contributed by atoms with Crippen LogP contribution in [0.2, 0.25) is 5.02 Å². The largest absolute Gasteiger partial charge is 0.375 e. The minimum Gasteiger partial charge on any atom is -0.375 e.